The molecule has 1 aromatic carbocycles. The molecule has 7 N–H and O–H groups in total. The molecule has 0 bridgehead atoms. The fourth-order valence-corrected chi connectivity index (χ4v) is 2.71. The Morgan fingerprint density at radius 1 is 1.13 bits per heavy atom. The average Bonchev–Trinajstić information content (AvgIpc) is 3.10. The van der Waals surface area contributed by atoms with Crippen molar-refractivity contribution >= 4 is 28.8 Å². The predicted octanol–water partition coefficient (Wildman–Crippen LogP) is 1.27. The number of carbonyl (C=O) groups is 2. The van der Waals surface area contributed by atoms with Gasteiger partial charge in [-0.15, -0.1) is 0 Å². The molecule has 0 saturated carbocycles. The van der Waals surface area contributed by atoms with Gasteiger partial charge in [-0.05, 0) is 37.2 Å². The molecule has 158 valence electrons. The van der Waals surface area contributed by atoms with Crippen molar-refractivity contribution < 1.29 is 22.8 Å². The first-order valence-corrected chi connectivity index (χ1v) is 8.81. The molecule has 2 heterocycles. The number of amides is 2. The Kier molecular flexibility index (Phi) is 5.87. The van der Waals surface area contributed by atoms with Crippen molar-refractivity contribution in [2.75, 3.05) is 23.7 Å². The summed E-state index contributed by atoms with van der Waals surface area (Å²) >= 11 is 0. The van der Waals surface area contributed by atoms with E-state index in [1.807, 2.05) is 0 Å². The zero-order valence-electron chi connectivity index (χ0n) is 15.5. The first kappa shape index (κ1) is 21.0. The number of nitrogens with one attached hydrogen (secondary N) is 3. The van der Waals surface area contributed by atoms with Crippen LogP contribution in [0.2, 0.25) is 0 Å². The van der Waals surface area contributed by atoms with E-state index in [1.165, 1.54) is 6.07 Å². The second-order valence-electron chi connectivity index (χ2n) is 6.29. The minimum Gasteiger partial charge on any atom is -0.365 e. The number of hydrogen-bond donors (Lipinski definition) is 5. The number of aromatic nitrogens is 2. The van der Waals surface area contributed by atoms with Crippen molar-refractivity contribution in [1.29, 1.82) is 0 Å². The average molecular weight is 421 g/mol. The first-order chi connectivity index (χ1) is 14.2. The first-order valence-electron chi connectivity index (χ1n) is 8.81. The molecule has 1 aliphatic rings. The molecule has 2 amide bonds. The number of nitrogens with two attached hydrogens (primary N) is 2. The normalized spacial score (nSPS) is 14.4. The summed E-state index contributed by atoms with van der Waals surface area (Å²) in [5.41, 5.74) is 10.5. The van der Waals surface area contributed by atoms with Crippen molar-refractivity contribution in [1.82, 2.24) is 15.3 Å². The smallest absolute Gasteiger partial charge is 0.365 e. The molecule has 1 aliphatic heterocycles. The Labute approximate surface area is 168 Å². The maximum atomic E-state index is 13.0. The minimum absolute atomic E-state index is 0.0116. The third-order valence-corrected chi connectivity index (χ3v) is 4.13. The van der Waals surface area contributed by atoms with E-state index in [2.05, 4.69) is 25.9 Å². The van der Waals surface area contributed by atoms with Crippen LogP contribution in [0.5, 0.6) is 0 Å². The number of primary amides is 1. The highest BCUT2D eigenvalue weighted by Gasteiger charge is 2.34. The van der Waals surface area contributed by atoms with Gasteiger partial charge in [0.2, 0.25) is 0 Å². The molecule has 0 fully saturated rings. The lowest BCUT2D eigenvalue weighted by Gasteiger charge is -2.10. The molecule has 1 aromatic heterocycles. The number of anilines is 2. The van der Waals surface area contributed by atoms with Crippen LogP contribution in [0.25, 0.3) is 5.57 Å². The predicted molar refractivity (Wildman–Crippen MR) is 103 cm³/mol. The SMILES string of the molecule is NCCCNC(=O)c1ccc2c(c1)N/C(=C(/C(N)=O)c1nccc(C(F)(F)F)n1)N2. The summed E-state index contributed by atoms with van der Waals surface area (Å²) in [6.07, 6.45) is -3.19. The number of hydrogen-bond acceptors (Lipinski definition) is 7. The number of alkyl halides is 3. The van der Waals surface area contributed by atoms with Crippen LogP contribution in [0.15, 0.2) is 36.3 Å². The highest BCUT2D eigenvalue weighted by molar-refractivity contribution is 6.20. The van der Waals surface area contributed by atoms with Gasteiger partial charge in [0.15, 0.2) is 5.82 Å². The van der Waals surface area contributed by atoms with Gasteiger partial charge in [0, 0.05) is 18.3 Å². The maximum Gasteiger partial charge on any atom is 0.433 e. The van der Waals surface area contributed by atoms with Gasteiger partial charge in [-0.3, -0.25) is 9.59 Å². The number of nitrogens with zero attached hydrogens (tertiary/aromatic N) is 2. The van der Waals surface area contributed by atoms with E-state index in [4.69, 9.17) is 11.5 Å². The van der Waals surface area contributed by atoms with E-state index in [1.54, 1.807) is 12.1 Å². The Hall–Kier alpha value is -3.67. The van der Waals surface area contributed by atoms with E-state index < -0.39 is 23.6 Å². The van der Waals surface area contributed by atoms with E-state index in [9.17, 15) is 22.8 Å². The molecule has 0 radical (unpaired) electrons. The van der Waals surface area contributed by atoms with Crippen LogP contribution >= 0.6 is 0 Å². The van der Waals surface area contributed by atoms with Crippen molar-refractivity contribution in [3.05, 3.63) is 53.4 Å². The fourth-order valence-electron chi connectivity index (χ4n) is 2.71. The molecule has 0 unspecified atom stereocenters. The summed E-state index contributed by atoms with van der Waals surface area (Å²) in [5.74, 6) is -1.82. The van der Waals surface area contributed by atoms with Crippen molar-refractivity contribution in [3.63, 3.8) is 0 Å². The van der Waals surface area contributed by atoms with Crippen LogP contribution in [0.4, 0.5) is 24.5 Å². The lowest BCUT2D eigenvalue weighted by Crippen LogP contribution is -2.25. The van der Waals surface area contributed by atoms with Crippen molar-refractivity contribution in [3.8, 4) is 0 Å². The fraction of sp³-hybridized carbons (Fsp3) is 0.222. The Morgan fingerprint density at radius 3 is 2.53 bits per heavy atom. The van der Waals surface area contributed by atoms with E-state index in [0.717, 1.165) is 6.20 Å². The maximum absolute atomic E-state index is 13.0. The molecule has 9 nitrogen and oxygen atoms in total. The molecule has 0 atom stereocenters. The second kappa shape index (κ2) is 8.37. The summed E-state index contributed by atoms with van der Waals surface area (Å²) in [6.45, 7) is 0.861. The van der Waals surface area contributed by atoms with Gasteiger partial charge in [-0.25, -0.2) is 9.97 Å². The molecular formula is C18H18F3N7O2. The quantitative estimate of drug-likeness (QED) is 0.348. The van der Waals surface area contributed by atoms with Crippen LogP contribution in [0.3, 0.4) is 0 Å². The standard InChI is InChI=1S/C18H18F3N7O2/c19-18(20,21)12-4-7-24-15(28-12)13(14(23)29)16-26-10-3-2-9(8-11(10)27-16)17(30)25-6-1-5-22/h2-4,7-8,26-27H,1,5-6,22H2,(H2,23,29)(H,25,30)/b16-13-. The molecule has 0 saturated heterocycles. The lowest BCUT2D eigenvalue weighted by molar-refractivity contribution is -0.141. The number of benzene rings is 1. The number of halogens is 3. The lowest BCUT2D eigenvalue weighted by atomic mass is 10.1. The van der Waals surface area contributed by atoms with Gasteiger partial charge < -0.3 is 27.4 Å². The van der Waals surface area contributed by atoms with Gasteiger partial charge >= 0.3 is 6.18 Å². The van der Waals surface area contributed by atoms with Crippen LogP contribution in [-0.4, -0.2) is 34.9 Å². The van der Waals surface area contributed by atoms with Gasteiger partial charge in [0.05, 0.1) is 11.4 Å². The Morgan fingerprint density at radius 2 is 1.87 bits per heavy atom. The summed E-state index contributed by atoms with van der Waals surface area (Å²) in [5, 5.41) is 8.40. The Bertz CT molecular complexity index is 1020. The molecule has 2 aromatic rings. The zero-order chi connectivity index (χ0) is 21.9. The molecule has 12 heteroatoms. The van der Waals surface area contributed by atoms with Gasteiger partial charge in [0.25, 0.3) is 11.8 Å². The third-order valence-electron chi connectivity index (χ3n) is 4.13. The Balaban J connectivity index is 1.91. The second-order valence-corrected chi connectivity index (χ2v) is 6.29. The highest BCUT2D eigenvalue weighted by atomic mass is 19.4. The molecule has 0 spiro atoms. The van der Waals surface area contributed by atoms with E-state index in [0.29, 0.717) is 42.5 Å². The molecular weight excluding hydrogens is 403 g/mol. The molecule has 0 aliphatic carbocycles. The summed E-state index contributed by atoms with van der Waals surface area (Å²) in [4.78, 5) is 31.3. The summed E-state index contributed by atoms with van der Waals surface area (Å²) in [6, 6.07) is 5.35. The van der Waals surface area contributed by atoms with E-state index in [-0.39, 0.29) is 17.3 Å². The largest absolute Gasteiger partial charge is 0.433 e. The van der Waals surface area contributed by atoms with Gasteiger partial charge in [0.1, 0.15) is 17.1 Å². The van der Waals surface area contributed by atoms with Gasteiger partial charge in [-0.1, -0.05) is 0 Å². The third kappa shape index (κ3) is 4.49. The number of carbonyl (C=O) groups excluding carboxylic acids is 2. The zero-order valence-corrected chi connectivity index (χ0v) is 15.5. The highest BCUT2D eigenvalue weighted by Crippen LogP contribution is 2.34. The number of fused-ring (bicyclic) bond motifs is 1. The molecule has 30 heavy (non-hydrogen) atoms. The topological polar surface area (TPSA) is 148 Å². The van der Waals surface area contributed by atoms with Crippen LogP contribution < -0.4 is 27.4 Å². The van der Waals surface area contributed by atoms with Crippen molar-refractivity contribution in [2.45, 2.75) is 12.6 Å². The summed E-state index contributed by atoms with van der Waals surface area (Å²) < 4.78 is 38.9. The van der Waals surface area contributed by atoms with Crippen molar-refractivity contribution in [2.24, 2.45) is 11.5 Å². The summed E-state index contributed by atoms with van der Waals surface area (Å²) in [7, 11) is 0. The van der Waals surface area contributed by atoms with Gasteiger partial charge in [-0.2, -0.15) is 13.2 Å². The monoisotopic (exact) mass is 421 g/mol. The minimum atomic E-state index is -4.71. The van der Waals surface area contributed by atoms with E-state index >= 15 is 0 Å². The van der Waals surface area contributed by atoms with Crippen LogP contribution in [-0.2, 0) is 11.0 Å². The molecule has 3 rings (SSSR count). The number of rotatable bonds is 6. The van der Waals surface area contributed by atoms with Crippen LogP contribution in [0.1, 0.15) is 28.3 Å². The van der Waals surface area contributed by atoms with Crippen LogP contribution in [0, 0.1) is 0 Å².